The largest absolute Gasteiger partial charge is 0.465 e. The van der Waals surface area contributed by atoms with E-state index < -0.39 is 22.5 Å². The van der Waals surface area contributed by atoms with E-state index in [0.29, 0.717) is 6.07 Å². The number of anilines is 1. The molecule has 2 rings (SSSR count). The maximum Gasteiger partial charge on any atom is 0.412 e. The van der Waals surface area contributed by atoms with Crippen molar-refractivity contribution in [2.45, 2.75) is 0 Å². The molecule has 1 amide bonds. The van der Waals surface area contributed by atoms with Gasteiger partial charge in [-0.2, -0.15) is 0 Å². The maximum atomic E-state index is 13.7. The van der Waals surface area contributed by atoms with E-state index in [1.54, 1.807) is 0 Å². The first-order valence-electron chi connectivity index (χ1n) is 5.79. The van der Waals surface area contributed by atoms with Gasteiger partial charge in [-0.3, -0.25) is 15.0 Å². The van der Waals surface area contributed by atoms with Crippen molar-refractivity contribution in [1.29, 1.82) is 0 Å². The number of non-ortho nitro benzene ring substituents is 1. The van der Waals surface area contributed by atoms with Crippen LogP contribution in [-0.2, 0) is 0 Å². The first-order valence-corrected chi connectivity index (χ1v) is 5.79. The molecule has 22 heavy (non-hydrogen) atoms. The van der Waals surface area contributed by atoms with E-state index in [0.717, 1.165) is 23.4 Å². The zero-order chi connectivity index (χ0) is 16.3. The summed E-state index contributed by atoms with van der Waals surface area (Å²) >= 11 is 0. The molecule has 10 heteroatoms. The molecule has 0 aliphatic rings. The predicted molar refractivity (Wildman–Crippen MR) is 71.6 cm³/mol. The number of halogens is 1. The fourth-order valence-corrected chi connectivity index (χ4v) is 1.47. The second-order valence-corrected chi connectivity index (χ2v) is 4.03. The molecular weight excluding hydrogens is 299 g/mol. The highest BCUT2D eigenvalue weighted by Gasteiger charge is 2.15. The Morgan fingerprint density at radius 3 is 2.73 bits per heavy atom. The lowest BCUT2D eigenvalue weighted by atomic mass is 10.3. The fourth-order valence-electron chi connectivity index (χ4n) is 1.47. The van der Waals surface area contributed by atoms with Gasteiger partial charge in [0.25, 0.3) is 5.69 Å². The number of rotatable bonds is 4. The smallest absolute Gasteiger partial charge is 0.412 e. The van der Waals surface area contributed by atoms with Crippen LogP contribution >= 0.6 is 0 Å². The minimum Gasteiger partial charge on any atom is -0.465 e. The number of hydrogen-bond acceptors (Lipinski definition) is 6. The first kappa shape index (κ1) is 15.1. The Morgan fingerprint density at radius 2 is 2.14 bits per heavy atom. The van der Waals surface area contributed by atoms with Gasteiger partial charge < -0.3 is 9.84 Å². The van der Waals surface area contributed by atoms with Crippen molar-refractivity contribution in [3.63, 3.8) is 0 Å². The number of nitro groups is 1. The van der Waals surface area contributed by atoms with E-state index in [4.69, 9.17) is 9.84 Å². The van der Waals surface area contributed by atoms with Crippen LogP contribution in [0.25, 0.3) is 0 Å². The van der Waals surface area contributed by atoms with Crippen LogP contribution in [0.5, 0.6) is 11.6 Å². The van der Waals surface area contributed by atoms with Gasteiger partial charge in [0, 0.05) is 19.2 Å². The molecular formula is C12H9FN4O5. The van der Waals surface area contributed by atoms with Crippen molar-refractivity contribution < 1.29 is 24.0 Å². The molecule has 0 atom stereocenters. The number of nitro benzene ring substituents is 1. The monoisotopic (exact) mass is 308 g/mol. The molecule has 2 aromatic rings. The van der Waals surface area contributed by atoms with Crippen molar-refractivity contribution in [2.24, 2.45) is 0 Å². The fraction of sp³-hybridized carbons (Fsp3) is 0.0833. The highest BCUT2D eigenvalue weighted by molar-refractivity contribution is 5.83. The number of carboxylic acid groups (broad SMARTS) is 1. The minimum atomic E-state index is -1.24. The highest BCUT2D eigenvalue weighted by Crippen LogP contribution is 2.27. The Labute approximate surface area is 122 Å². The highest BCUT2D eigenvalue weighted by atomic mass is 19.1. The first-order chi connectivity index (χ1) is 10.4. The molecule has 0 fully saturated rings. The molecule has 1 aromatic heterocycles. The molecule has 0 radical (unpaired) electrons. The molecule has 1 N–H and O–H groups in total. The van der Waals surface area contributed by atoms with Crippen LogP contribution in [0.15, 0.2) is 30.6 Å². The topological polar surface area (TPSA) is 119 Å². The van der Waals surface area contributed by atoms with Crippen LogP contribution in [0.1, 0.15) is 0 Å². The van der Waals surface area contributed by atoms with E-state index in [2.05, 4.69) is 9.97 Å². The van der Waals surface area contributed by atoms with E-state index >= 15 is 0 Å². The van der Waals surface area contributed by atoms with Gasteiger partial charge in [-0.05, 0) is 6.07 Å². The molecule has 114 valence electrons. The molecule has 0 saturated heterocycles. The lowest BCUT2D eigenvalue weighted by Crippen LogP contribution is -2.24. The zero-order valence-corrected chi connectivity index (χ0v) is 11.1. The van der Waals surface area contributed by atoms with Crippen LogP contribution in [0.3, 0.4) is 0 Å². The number of benzene rings is 1. The molecule has 0 aliphatic carbocycles. The Balaban J connectivity index is 2.26. The molecule has 0 spiro atoms. The number of nitrogens with zero attached hydrogens (tertiary/aromatic N) is 4. The van der Waals surface area contributed by atoms with Crippen molar-refractivity contribution in [1.82, 2.24) is 9.97 Å². The summed E-state index contributed by atoms with van der Waals surface area (Å²) in [5.74, 6) is -1.31. The molecule has 1 aromatic carbocycles. The number of ether oxygens (including phenoxy) is 1. The average molecular weight is 308 g/mol. The van der Waals surface area contributed by atoms with Gasteiger partial charge in [-0.25, -0.2) is 19.2 Å². The standard InChI is InChI=1S/C12H9FN4O5/c1-16(12(18)19)10-5-11(15-6-14-10)22-9-3-2-7(17(20)21)4-8(9)13/h2-6H,1H3,(H,18,19). The summed E-state index contributed by atoms with van der Waals surface area (Å²) in [6, 6.07) is 4.05. The normalized spacial score (nSPS) is 10.1. The van der Waals surface area contributed by atoms with Gasteiger partial charge >= 0.3 is 6.09 Å². The average Bonchev–Trinajstić information content (AvgIpc) is 2.48. The summed E-state index contributed by atoms with van der Waals surface area (Å²) in [5, 5.41) is 19.4. The molecule has 9 nitrogen and oxygen atoms in total. The van der Waals surface area contributed by atoms with Gasteiger partial charge in [0.2, 0.25) is 5.88 Å². The summed E-state index contributed by atoms with van der Waals surface area (Å²) in [5.41, 5.74) is -0.418. The Hall–Kier alpha value is -3.30. The van der Waals surface area contributed by atoms with Gasteiger partial charge in [0.05, 0.1) is 11.0 Å². The van der Waals surface area contributed by atoms with Crippen molar-refractivity contribution in [3.05, 3.63) is 46.5 Å². The molecule has 0 aliphatic heterocycles. The van der Waals surface area contributed by atoms with Gasteiger partial charge in [-0.15, -0.1) is 0 Å². The second-order valence-electron chi connectivity index (χ2n) is 4.03. The quantitative estimate of drug-likeness (QED) is 0.680. The third-order valence-corrected chi connectivity index (χ3v) is 2.60. The van der Waals surface area contributed by atoms with Crippen LogP contribution in [-0.4, -0.2) is 33.1 Å². The van der Waals surface area contributed by atoms with E-state index in [9.17, 15) is 19.3 Å². The number of amides is 1. The molecule has 1 heterocycles. The molecule has 0 saturated carbocycles. The van der Waals surface area contributed by atoms with E-state index in [1.165, 1.54) is 13.1 Å². The minimum absolute atomic E-state index is 0.0276. The Kier molecular flexibility index (Phi) is 4.11. The van der Waals surface area contributed by atoms with Crippen LogP contribution < -0.4 is 9.64 Å². The number of hydrogen-bond donors (Lipinski definition) is 1. The lowest BCUT2D eigenvalue weighted by molar-refractivity contribution is -0.385. The third-order valence-electron chi connectivity index (χ3n) is 2.60. The van der Waals surface area contributed by atoms with E-state index in [-0.39, 0.29) is 17.4 Å². The Bertz CT molecular complexity index is 739. The van der Waals surface area contributed by atoms with Crippen molar-refractivity contribution in [3.8, 4) is 11.6 Å². The van der Waals surface area contributed by atoms with Crippen molar-refractivity contribution in [2.75, 3.05) is 11.9 Å². The van der Waals surface area contributed by atoms with Gasteiger partial charge in [0.1, 0.15) is 12.1 Å². The van der Waals surface area contributed by atoms with E-state index in [1.807, 2.05) is 0 Å². The lowest BCUT2D eigenvalue weighted by Gasteiger charge is -2.12. The predicted octanol–water partition coefficient (Wildman–Crippen LogP) is 2.43. The van der Waals surface area contributed by atoms with Gasteiger partial charge in [-0.1, -0.05) is 0 Å². The summed E-state index contributed by atoms with van der Waals surface area (Å²) in [7, 11) is 1.26. The van der Waals surface area contributed by atoms with Crippen molar-refractivity contribution >= 4 is 17.6 Å². The Morgan fingerprint density at radius 1 is 1.41 bits per heavy atom. The molecule has 0 unspecified atom stereocenters. The SMILES string of the molecule is CN(C(=O)O)c1cc(Oc2ccc([N+](=O)[O-])cc2F)ncn1. The third kappa shape index (κ3) is 3.23. The van der Waals surface area contributed by atoms with Crippen LogP contribution in [0, 0.1) is 15.9 Å². The summed E-state index contributed by atoms with van der Waals surface area (Å²) < 4.78 is 18.9. The zero-order valence-electron chi connectivity index (χ0n) is 11.1. The summed E-state index contributed by atoms with van der Waals surface area (Å²) in [6.45, 7) is 0. The summed E-state index contributed by atoms with van der Waals surface area (Å²) in [4.78, 5) is 28.9. The number of carbonyl (C=O) groups is 1. The van der Waals surface area contributed by atoms with Gasteiger partial charge in [0.15, 0.2) is 11.6 Å². The maximum absolute atomic E-state index is 13.7. The second kappa shape index (κ2) is 5.99. The summed E-state index contributed by atoms with van der Waals surface area (Å²) in [6.07, 6.45) is -0.195. The van der Waals surface area contributed by atoms with Crippen LogP contribution in [0.4, 0.5) is 20.7 Å². The van der Waals surface area contributed by atoms with Crippen LogP contribution in [0.2, 0.25) is 0 Å². The number of aromatic nitrogens is 2. The molecule has 0 bridgehead atoms.